The Morgan fingerprint density at radius 2 is 1.80 bits per heavy atom. The van der Waals surface area contributed by atoms with Crippen molar-refractivity contribution in [2.75, 3.05) is 14.1 Å². The lowest BCUT2D eigenvalue weighted by molar-refractivity contribution is 0.0827. The standard InChI is InChI=1S/C17H16N2O/c1-19(2)17(20)14-8-5-7-12(10-14)16-11-13-6-3-4-9-15(13)18-16/h3-11,18H,1-2H3. The van der Waals surface area contributed by atoms with E-state index in [9.17, 15) is 4.79 Å². The summed E-state index contributed by atoms with van der Waals surface area (Å²) < 4.78 is 0. The predicted octanol–water partition coefficient (Wildman–Crippen LogP) is 3.54. The van der Waals surface area contributed by atoms with Crippen molar-refractivity contribution in [2.45, 2.75) is 0 Å². The highest BCUT2D eigenvalue weighted by molar-refractivity contribution is 5.95. The molecule has 0 saturated carbocycles. The van der Waals surface area contributed by atoms with Crippen molar-refractivity contribution in [1.82, 2.24) is 9.88 Å². The van der Waals surface area contributed by atoms with Crippen LogP contribution in [0.3, 0.4) is 0 Å². The van der Waals surface area contributed by atoms with E-state index in [-0.39, 0.29) is 5.91 Å². The van der Waals surface area contributed by atoms with Crippen LogP contribution < -0.4 is 0 Å². The second-order valence-electron chi connectivity index (χ2n) is 5.05. The maximum absolute atomic E-state index is 12.0. The molecule has 3 rings (SSSR count). The molecule has 0 bridgehead atoms. The van der Waals surface area contributed by atoms with E-state index in [1.807, 2.05) is 42.5 Å². The molecule has 0 aliphatic rings. The van der Waals surface area contributed by atoms with Crippen LogP contribution >= 0.6 is 0 Å². The summed E-state index contributed by atoms with van der Waals surface area (Å²) >= 11 is 0. The van der Waals surface area contributed by atoms with Crippen molar-refractivity contribution in [2.24, 2.45) is 0 Å². The van der Waals surface area contributed by atoms with Crippen LogP contribution in [-0.4, -0.2) is 29.9 Å². The summed E-state index contributed by atoms with van der Waals surface area (Å²) in [6.45, 7) is 0. The molecule has 1 aromatic heterocycles. The summed E-state index contributed by atoms with van der Waals surface area (Å²) in [4.78, 5) is 17.0. The molecule has 0 saturated heterocycles. The van der Waals surface area contributed by atoms with Gasteiger partial charge in [-0.25, -0.2) is 0 Å². The van der Waals surface area contributed by atoms with Crippen LogP contribution in [-0.2, 0) is 0 Å². The first-order chi connectivity index (χ1) is 9.65. The first kappa shape index (κ1) is 12.5. The van der Waals surface area contributed by atoms with Gasteiger partial charge < -0.3 is 9.88 Å². The molecule has 0 atom stereocenters. The third kappa shape index (κ3) is 2.18. The van der Waals surface area contributed by atoms with Gasteiger partial charge in [0.1, 0.15) is 0 Å². The fourth-order valence-corrected chi connectivity index (χ4v) is 2.31. The molecular formula is C17H16N2O. The Morgan fingerprint density at radius 1 is 1.00 bits per heavy atom. The minimum Gasteiger partial charge on any atom is -0.355 e. The Labute approximate surface area is 117 Å². The average molecular weight is 264 g/mol. The summed E-state index contributed by atoms with van der Waals surface area (Å²) in [5.74, 6) is 0.0166. The van der Waals surface area contributed by atoms with Crippen LogP contribution in [0.5, 0.6) is 0 Å². The Morgan fingerprint density at radius 3 is 2.55 bits per heavy atom. The monoisotopic (exact) mass is 264 g/mol. The number of fused-ring (bicyclic) bond motifs is 1. The van der Waals surface area contributed by atoms with E-state index in [1.165, 1.54) is 5.39 Å². The number of carbonyl (C=O) groups is 1. The van der Waals surface area contributed by atoms with Crippen molar-refractivity contribution in [1.29, 1.82) is 0 Å². The van der Waals surface area contributed by atoms with E-state index in [1.54, 1.807) is 19.0 Å². The maximum Gasteiger partial charge on any atom is 0.253 e. The van der Waals surface area contributed by atoms with E-state index in [2.05, 4.69) is 17.1 Å². The zero-order valence-electron chi connectivity index (χ0n) is 11.6. The average Bonchev–Trinajstić information content (AvgIpc) is 2.90. The van der Waals surface area contributed by atoms with Gasteiger partial charge in [0, 0.05) is 36.3 Å². The molecule has 3 heteroatoms. The lowest BCUT2D eigenvalue weighted by atomic mass is 10.1. The number of para-hydroxylation sites is 1. The van der Waals surface area contributed by atoms with E-state index in [4.69, 9.17) is 0 Å². The number of aromatic amines is 1. The normalized spacial score (nSPS) is 10.7. The van der Waals surface area contributed by atoms with Crippen molar-refractivity contribution in [3.8, 4) is 11.3 Å². The third-order valence-electron chi connectivity index (χ3n) is 3.36. The number of benzene rings is 2. The smallest absolute Gasteiger partial charge is 0.253 e. The molecule has 1 N–H and O–H groups in total. The van der Waals surface area contributed by atoms with Crippen LogP contribution in [0.25, 0.3) is 22.2 Å². The van der Waals surface area contributed by atoms with Gasteiger partial charge in [0.05, 0.1) is 0 Å². The van der Waals surface area contributed by atoms with Gasteiger partial charge in [0.25, 0.3) is 5.91 Å². The molecule has 0 spiro atoms. The SMILES string of the molecule is CN(C)C(=O)c1cccc(-c2cc3ccccc3[nH]2)c1. The van der Waals surface area contributed by atoms with Crippen molar-refractivity contribution in [3.63, 3.8) is 0 Å². The molecule has 100 valence electrons. The number of H-pyrrole nitrogens is 1. The first-order valence-corrected chi connectivity index (χ1v) is 6.55. The van der Waals surface area contributed by atoms with Crippen molar-refractivity contribution >= 4 is 16.8 Å². The Balaban J connectivity index is 2.05. The third-order valence-corrected chi connectivity index (χ3v) is 3.36. The first-order valence-electron chi connectivity index (χ1n) is 6.55. The Bertz CT molecular complexity index is 738. The van der Waals surface area contributed by atoms with E-state index >= 15 is 0 Å². The number of amides is 1. The molecule has 0 unspecified atom stereocenters. The summed E-state index contributed by atoms with van der Waals surface area (Å²) in [5, 5.41) is 1.17. The summed E-state index contributed by atoms with van der Waals surface area (Å²) in [5.41, 5.74) is 3.85. The lowest BCUT2D eigenvalue weighted by Gasteiger charge is -2.10. The minimum atomic E-state index is 0.0166. The van der Waals surface area contributed by atoms with Gasteiger partial charge in [-0.2, -0.15) is 0 Å². The fourth-order valence-electron chi connectivity index (χ4n) is 2.31. The lowest BCUT2D eigenvalue weighted by Crippen LogP contribution is -2.21. The number of hydrogen-bond acceptors (Lipinski definition) is 1. The molecule has 2 aromatic carbocycles. The highest BCUT2D eigenvalue weighted by Gasteiger charge is 2.10. The zero-order valence-corrected chi connectivity index (χ0v) is 11.6. The van der Waals surface area contributed by atoms with Crippen LogP contribution in [0.1, 0.15) is 10.4 Å². The van der Waals surface area contributed by atoms with Gasteiger partial charge in [-0.3, -0.25) is 4.79 Å². The topological polar surface area (TPSA) is 36.1 Å². The van der Waals surface area contributed by atoms with Gasteiger partial charge in [-0.05, 0) is 29.8 Å². The number of hydrogen-bond donors (Lipinski definition) is 1. The van der Waals surface area contributed by atoms with E-state index < -0.39 is 0 Å². The minimum absolute atomic E-state index is 0.0166. The largest absolute Gasteiger partial charge is 0.355 e. The van der Waals surface area contributed by atoms with Gasteiger partial charge in [-0.15, -0.1) is 0 Å². The Hall–Kier alpha value is -2.55. The number of nitrogens with zero attached hydrogens (tertiary/aromatic N) is 1. The molecule has 3 aromatic rings. The highest BCUT2D eigenvalue weighted by atomic mass is 16.2. The van der Waals surface area contributed by atoms with Crippen molar-refractivity contribution in [3.05, 3.63) is 60.2 Å². The van der Waals surface area contributed by atoms with Gasteiger partial charge in [0.2, 0.25) is 0 Å². The predicted molar refractivity (Wildman–Crippen MR) is 81.8 cm³/mol. The number of aromatic nitrogens is 1. The zero-order chi connectivity index (χ0) is 14.1. The summed E-state index contributed by atoms with van der Waals surface area (Å²) in [6.07, 6.45) is 0. The van der Waals surface area contributed by atoms with E-state index in [0.717, 1.165) is 16.8 Å². The maximum atomic E-state index is 12.0. The van der Waals surface area contributed by atoms with Gasteiger partial charge in [-0.1, -0.05) is 30.3 Å². The second kappa shape index (κ2) is 4.85. The van der Waals surface area contributed by atoms with Crippen molar-refractivity contribution < 1.29 is 4.79 Å². The second-order valence-corrected chi connectivity index (χ2v) is 5.05. The summed E-state index contributed by atoms with van der Waals surface area (Å²) in [6, 6.07) is 17.9. The van der Waals surface area contributed by atoms with E-state index in [0.29, 0.717) is 5.56 Å². The molecule has 3 nitrogen and oxygen atoms in total. The highest BCUT2D eigenvalue weighted by Crippen LogP contribution is 2.24. The number of nitrogens with one attached hydrogen (secondary N) is 1. The molecular weight excluding hydrogens is 248 g/mol. The van der Waals surface area contributed by atoms with Gasteiger partial charge >= 0.3 is 0 Å². The number of carbonyl (C=O) groups excluding carboxylic acids is 1. The molecule has 0 fully saturated rings. The molecule has 1 amide bonds. The van der Waals surface area contributed by atoms with Crippen LogP contribution in [0.4, 0.5) is 0 Å². The van der Waals surface area contributed by atoms with Crippen LogP contribution in [0, 0.1) is 0 Å². The molecule has 0 aliphatic heterocycles. The molecule has 0 radical (unpaired) electrons. The molecule has 1 heterocycles. The quantitative estimate of drug-likeness (QED) is 0.755. The Kier molecular flexibility index (Phi) is 3.03. The molecule has 20 heavy (non-hydrogen) atoms. The van der Waals surface area contributed by atoms with Crippen LogP contribution in [0.15, 0.2) is 54.6 Å². The number of rotatable bonds is 2. The molecule has 0 aliphatic carbocycles. The van der Waals surface area contributed by atoms with Gasteiger partial charge in [0.15, 0.2) is 0 Å². The van der Waals surface area contributed by atoms with Crippen LogP contribution in [0.2, 0.25) is 0 Å². The summed E-state index contributed by atoms with van der Waals surface area (Å²) in [7, 11) is 3.52. The fraction of sp³-hybridized carbons (Fsp3) is 0.118.